The molecule has 4 rings (SSSR count). The molecule has 1 saturated heterocycles. The Morgan fingerprint density at radius 1 is 1.20 bits per heavy atom. The lowest BCUT2D eigenvalue weighted by molar-refractivity contribution is 0.184. The smallest absolute Gasteiger partial charge is 0.321 e. The number of hydrogen-bond acceptors (Lipinski definition) is 3. The summed E-state index contributed by atoms with van der Waals surface area (Å²) in [5, 5.41) is 2.95. The van der Waals surface area contributed by atoms with Crippen LogP contribution in [0, 0.1) is 0 Å². The van der Waals surface area contributed by atoms with Gasteiger partial charge in [0, 0.05) is 37.2 Å². The molecule has 1 fully saturated rings. The number of para-hydroxylation sites is 1. The summed E-state index contributed by atoms with van der Waals surface area (Å²) in [5.74, 6) is 0.893. The normalized spacial score (nSPS) is 15.3. The van der Waals surface area contributed by atoms with Gasteiger partial charge in [0.05, 0.1) is 12.5 Å². The third-order valence-corrected chi connectivity index (χ3v) is 4.58. The Kier molecular flexibility index (Phi) is 4.20. The number of likely N-dealkylation sites (tertiary alicyclic amines) is 1. The molecule has 0 spiro atoms. The first-order valence-corrected chi connectivity index (χ1v) is 8.44. The first-order valence-electron chi connectivity index (χ1n) is 8.44. The van der Waals surface area contributed by atoms with Gasteiger partial charge in [-0.2, -0.15) is 0 Å². The summed E-state index contributed by atoms with van der Waals surface area (Å²) in [5.41, 5.74) is 1.74. The summed E-state index contributed by atoms with van der Waals surface area (Å²) in [6.07, 6.45) is 9.05. The van der Waals surface area contributed by atoms with Gasteiger partial charge in [-0.25, -0.2) is 14.8 Å². The van der Waals surface area contributed by atoms with Crippen molar-refractivity contribution in [3.63, 3.8) is 0 Å². The number of urea groups is 1. The highest BCUT2D eigenvalue weighted by molar-refractivity contribution is 5.89. The Hall–Kier alpha value is -3.09. The van der Waals surface area contributed by atoms with E-state index in [0.29, 0.717) is 6.04 Å². The number of imidazole rings is 2. The Morgan fingerprint density at radius 2 is 2.00 bits per heavy atom. The molecule has 0 unspecified atom stereocenters. The van der Waals surface area contributed by atoms with Crippen molar-refractivity contribution in [2.45, 2.75) is 18.9 Å². The summed E-state index contributed by atoms with van der Waals surface area (Å²) in [6.45, 7) is 1.45. The van der Waals surface area contributed by atoms with Crippen LogP contribution in [-0.4, -0.2) is 43.5 Å². The van der Waals surface area contributed by atoms with Gasteiger partial charge in [0.1, 0.15) is 5.69 Å². The molecular formula is C18H20N6O. The van der Waals surface area contributed by atoms with Crippen LogP contribution < -0.4 is 5.32 Å². The molecule has 3 heterocycles. The zero-order valence-corrected chi connectivity index (χ0v) is 13.8. The minimum Gasteiger partial charge on any atom is -0.342 e. The highest BCUT2D eigenvalue weighted by Gasteiger charge is 2.25. The molecule has 128 valence electrons. The second-order valence-corrected chi connectivity index (χ2v) is 6.14. The quantitative estimate of drug-likeness (QED) is 0.771. The van der Waals surface area contributed by atoms with Gasteiger partial charge < -0.3 is 19.8 Å². The maximum Gasteiger partial charge on any atom is 0.321 e. The summed E-state index contributed by atoms with van der Waals surface area (Å²) in [7, 11) is 0. The molecular weight excluding hydrogens is 316 g/mol. The van der Waals surface area contributed by atoms with E-state index in [-0.39, 0.29) is 6.03 Å². The SMILES string of the molecule is O=C(Nc1ccccc1)N1CCC(n2ccnc2-c2cnc[nH]2)CC1. The van der Waals surface area contributed by atoms with Crippen LogP contribution in [0.3, 0.4) is 0 Å². The van der Waals surface area contributed by atoms with Crippen LogP contribution in [0.25, 0.3) is 11.5 Å². The fraction of sp³-hybridized carbons (Fsp3) is 0.278. The molecule has 2 N–H and O–H groups in total. The van der Waals surface area contributed by atoms with Crippen LogP contribution in [-0.2, 0) is 0 Å². The number of rotatable bonds is 3. The summed E-state index contributed by atoms with van der Waals surface area (Å²) >= 11 is 0. The van der Waals surface area contributed by atoms with E-state index in [9.17, 15) is 4.79 Å². The molecule has 1 aliphatic heterocycles. The van der Waals surface area contributed by atoms with E-state index in [0.717, 1.165) is 43.1 Å². The monoisotopic (exact) mass is 336 g/mol. The lowest BCUT2D eigenvalue weighted by Gasteiger charge is -2.33. The van der Waals surface area contributed by atoms with Gasteiger partial charge in [0.25, 0.3) is 0 Å². The minimum absolute atomic E-state index is 0.0379. The molecule has 1 aliphatic rings. The number of amides is 2. The standard InChI is InChI=1S/C18H20N6O/c25-18(22-14-4-2-1-3-5-14)23-9-6-15(7-10-23)24-11-8-20-17(24)16-12-19-13-21-16/h1-5,8,11-13,15H,6-7,9-10H2,(H,19,21)(H,22,25). The van der Waals surface area contributed by atoms with E-state index in [4.69, 9.17) is 0 Å². The lowest BCUT2D eigenvalue weighted by Crippen LogP contribution is -2.41. The van der Waals surface area contributed by atoms with E-state index in [2.05, 4.69) is 24.8 Å². The summed E-state index contributed by atoms with van der Waals surface area (Å²) < 4.78 is 2.18. The zero-order chi connectivity index (χ0) is 17.1. The van der Waals surface area contributed by atoms with Crippen LogP contribution >= 0.6 is 0 Å². The predicted octanol–water partition coefficient (Wildman–Crippen LogP) is 3.14. The number of piperidine rings is 1. The summed E-state index contributed by atoms with van der Waals surface area (Å²) in [4.78, 5) is 25.9. The fourth-order valence-electron chi connectivity index (χ4n) is 3.27. The molecule has 0 saturated carbocycles. The van der Waals surface area contributed by atoms with Gasteiger partial charge in [0.2, 0.25) is 0 Å². The zero-order valence-electron chi connectivity index (χ0n) is 13.8. The van der Waals surface area contributed by atoms with Gasteiger partial charge >= 0.3 is 6.03 Å². The molecule has 1 aromatic carbocycles. The average Bonchev–Trinajstić information content (AvgIpc) is 3.34. The second kappa shape index (κ2) is 6.80. The van der Waals surface area contributed by atoms with Crippen molar-refractivity contribution in [1.29, 1.82) is 0 Å². The Labute approximate surface area is 145 Å². The van der Waals surface area contributed by atoms with Crippen molar-refractivity contribution >= 4 is 11.7 Å². The molecule has 7 nitrogen and oxygen atoms in total. The van der Waals surface area contributed by atoms with Crippen molar-refractivity contribution in [3.05, 3.63) is 55.2 Å². The molecule has 0 atom stereocenters. The van der Waals surface area contributed by atoms with Crippen molar-refractivity contribution in [2.24, 2.45) is 0 Å². The molecule has 3 aromatic rings. The van der Waals surface area contributed by atoms with Gasteiger partial charge in [-0.05, 0) is 25.0 Å². The van der Waals surface area contributed by atoms with Crippen LogP contribution in [0.1, 0.15) is 18.9 Å². The Bertz CT molecular complexity index is 818. The van der Waals surface area contributed by atoms with Crippen LogP contribution in [0.2, 0.25) is 0 Å². The Balaban J connectivity index is 1.39. The van der Waals surface area contributed by atoms with Crippen molar-refractivity contribution in [1.82, 2.24) is 24.4 Å². The molecule has 0 radical (unpaired) electrons. The van der Waals surface area contributed by atoms with E-state index in [1.165, 1.54) is 0 Å². The van der Waals surface area contributed by atoms with E-state index < -0.39 is 0 Å². The maximum absolute atomic E-state index is 12.4. The van der Waals surface area contributed by atoms with E-state index in [1.807, 2.05) is 47.6 Å². The molecule has 25 heavy (non-hydrogen) atoms. The van der Waals surface area contributed by atoms with Crippen LogP contribution in [0.15, 0.2) is 55.2 Å². The molecule has 0 bridgehead atoms. The number of aromatic amines is 1. The van der Waals surface area contributed by atoms with Crippen LogP contribution in [0.4, 0.5) is 10.5 Å². The first-order chi connectivity index (χ1) is 12.3. The molecule has 2 amide bonds. The number of anilines is 1. The van der Waals surface area contributed by atoms with Crippen molar-refractivity contribution in [3.8, 4) is 11.5 Å². The number of benzene rings is 1. The maximum atomic E-state index is 12.4. The largest absolute Gasteiger partial charge is 0.342 e. The number of nitrogens with one attached hydrogen (secondary N) is 2. The average molecular weight is 336 g/mol. The summed E-state index contributed by atoms with van der Waals surface area (Å²) in [6, 6.07) is 9.85. The number of H-pyrrole nitrogens is 1. The molecule has 7 heteroatoms. The highest BCUT2D eigenvalue weighted by Crippen LogP contribution is 2.27. The minimum atomic E-state index is -0.0379. The number of carbonyl (C=O) groups excluding carboxylic acids is 1. The lowest BCUT2D eigenvalue weighted by atomic mass is 10.0. The molecule has 2 aromatic heterocycles. The third kappa shape index (κ3) is 3.26. The third-order valence-electron chi connectivity index (χ3n) is 4.58. The number of hydrogen-bond donors (Lipinski definition) is 2. The number of aromatic nitrogens is 4. The van der Waals surface area contributed by atoms with Gasteiger partial charge in [-0.3, -0.25) is 0 Å². The predicted molar refractivity (Wildman–Crippen MR) is 95.1 cm³/mol. The van der Waals surface area contributed by atoms with Crippen LogP contribution in [0.5, 0.6) is 0 Å². The first kappa shape index (κ1) is 15.4. The molecule has 0 aliphatic carbocycles. The van der Waals surface area contributed by atoms with Gasteiger partial charge in [0.15, 0.2) is 5.82 Å². The van der Waals surface area contributed by atoms with Gasteiger partial charge in [-0.15, -0.1) is 0 Å². The fourth-order valence-corrected chi connectivity index (χ4v) is 3.27. The van der Waals surface area contributed by atoms with Crippen molar-refractivity contribution < 1.29 is 4.79 Å². The number of nitrogens with zero attached hydrogens (tertiary/aromatic N) is 4. The van der Waals surface area contributed by atoms with E-state index >= 15 is 0 Å². The highest BCUT2D eigenvalue weighted by atomic mass is 16.2. The second-order valence-electron chi connectivity index (χ2n) is 6.14. The van der Waals surface area contributed by atoms with Gasteiger partial charge in [-0.1, -0.05) is 18.2 Å². The van der Waals surface area contributed by atoms with Crippen molar-refractivity contribution in [2.75, 3.05) is 18.4 Å². The number of carbonyl (C=O) groups is 1. The Morgan fingerprint density at radius 3 is 2.72 bits per heavy atom. The topological polar surface area (TPSA) is 78.8 Å². The van der Waals surface area contributed by atoms with E-state index in [1.54, 1.807) is 12.5 Å².